The van der Waals surface area contributed by atoms with Gasteiger partial charge in [-0.1, -0.05) is 23.7 Å². The Balaban J connectivity index is 2.44. The van der Waals surface area contributed by atoms with E-state index in [0.717, 1.165) is 11.1 Å². The second-order valence-corrected chi connectivity index (χ2v) is 6.89. The van der Waals surface area contributed by atoms with E-state index >= 15 is 0 Å². The first kappa shape index (κ1) is 23.1. The summed E-state index contributed by atoms with van der Waals surface area (Å²) in [6.07, 6.45) is 3.85. The van der Waals surface area contributed by atoms with Gasteiger partial charge in [-0.25, -0.2) is 0 Å². The predicted molar refractivity (Wildman–Crippen MR) is 121 cm³/mol. The van der Waals surface area contributed by atoms with Crippen LogP contribution in [0.5, 0.6) is 11.5 Å². The Morgan fingerprint density at radius 2 is 1.97 bits per heavy atom. The number of ether oxygens (including phenoxy) is 2. The highest BCUT2D eigenvalue weighted by Crippen LogP contribution is 2.34. The van der Waals surface area contributed by atoms with Crippen molar-refractivity contribution in [2.75, 3.05) is 18.5 Å². The van der Waals surface area contributed by atoms with Gasteiger partial charge in [-0.05, 0) is 68.7 Å². The van der Waals surface area contributed by atoms with Gasteiger partial charge in [-0.15, -0.1) is 6.58 Å². The van der Waals surface area contributed by atoms with Gasteiger partial charge in [0.1, 0.15) is 11.6 Å². The van der Waals surface area contributed by atoms with Crippen LogP contribution >= 0.6 is 11.6 Å². The summed E-state index contributed by atoms with van der Waals surface area (Å²) in [6, 6.07) is 10.8. The molecule has 0 saturated carbocycles. The van der Waals surface area contributed by atoms with Crippen molar-refractivity contribution in [3.63, 3.8) is 0 Å². The summed E-state index contributed by atoms with van der Waals surface area (Å²) >= 11 is 6.01. The number of anilines is 1. The highest BCUT2D eigenvalue weighted by atomic mass is 35.5. The van der Waals surface area contributed by atoms with E-state index in [1.54, 1.807) is 30.3 Å². The summed E-state index contributed by atoms with van der Waals surface area (Å²) in [5, 5.41) is 12.8. The average Bonchev–Trinajstić information content (AvgIpc) is 2.71. The summed E-state index contributed by atoms with van der Waals surface area (Å²) < 4.78 is 11.5. The van der Waals surface area contributed by atoms with E-state index < -0.39 is 5.91 Å². The number of hydrogen-bond acceptors (Lipinski definition) is 4. The fourth-order valence-corrected chi connectivity index (χ4v) is 3.05. The lowest BCUT2D eigenvalue weighted by molar-refractivity contribution is -0.112. The number of carbonyl (C=O) groups excluding carboxylic acids is 1. The Morgan fingerprint density at radius 3 is 2.60 bits per heavy atom. The zero-order valence-corrected chi connectivity index (χ0v) is 18.2. The number of rotatable bonds is 9. The molecule has 0 aliphatic carbocycles. The molecular weight excluding hydrogens is 400 g/mol. The Morgan fingerprint density at radius 1 is 1.23 bits per heavy atom. The van der Waals surface area contributed by atoms with Crippen molar-refractivity contribution < 1.29 is 14.3 Å². The molecule has 2 aromatic rings. The van der Waals surface area contributed by atoms with Gasteiger partial charge >= 0.3 is 0 Å². The molecule has 0 aliphatic heterocycles. The highest BCUT2D eigenvalue weighted by Gasteiger charge is 2.15. The van der Waals surface area contributed by atoms with Gasteiger partial charge in [-0.3, -0.25) is 4.79 Å². The van der Waals surface area contributed by atoms with E-state index in [9.17, 15) is 10.1 Å². The molecule has 0 unspecified atom stereocenters. The third-order valence-electron chi connectivity index (χ3n) is 4.23. The molecule has 0 radical (unpaired) electrons. The molecule has 6 heteroatoms. The van der Waals surface area contributed by atoms with E-state index in [1.165, 1.54) is 6.08 Å². The Labute approximate surface area is 182 Å². The van der Waals surface area contributed by atoms with Crippen LogP contribution in [0.1, 0.15) is 30.5 Å². The lowest BCUT2D eigenvalue weighted by Gasteiger charge is -2.16. The Bertz CT molecular complexity index is 1010. The molecule has 0 aliphatic rings. The molecule has 2 aromatic carbocycles. The largest absolute Gasteiger partial charge is 0.490 e. The maximum Gasteiger partial charge on any atom is 0.266 e. The fourth-order valence-electron chi connectivity index (χ4n) is 2.88. The van der Waals surface area contributed by atoms with E-state index in [4.69, 9.17) is 21.1 Å². The number of halogens is 1. The monoisotopic (exact) mass is 424 g/mol. The molecule has 1 amide bonds. The van der Waals surface area contributed by atoms with Crippen LogP contribution in [0.3, 0.4) is 0 Å². The number of nitrogens with one attached hydrogen (secondary N) is 1. The summed E-state index contributed by atoms with van der Waals surface area (Å²) in [4.78, 5) is 12.7. The molecule has 2 rings (SSSR count). The molecule has 1 N–H and O–H groups in total. The smallest absolute Gasteiger partial charge is 0.266 e. The predicted octanol–water partition coefficient (Wildman–Crippen LogP) is 5.72. The molecule has 30 heavy (non-hydrogen) atoms. The Hall–Kier alpha value is -3.23. The molecule has 0 saturated heterocycles. The number of nitriles is 1. The number of carbonyl (C=O) groups is 1. The van der Waals surface area contributed by atoms with Gasteiger partial charge in [0.05, 0.1) is 13.2 Å². The van der Waals surface area contributed by atoms with Gasteiger partial charge in [0.25, 0.3) is 5.91 Å². The normalized spacial score (nSPS) is 10.8. The first-order valence-electron chi connectivity index (χ1n) is 9.66. The van der Waals surface area contributed by atoms with Crippen LogP contribution < -0.4 is 14.8 Å². The van der Waals surface area contributed by atoms with Crippen LogP contribution in [0, 0.1) is 18.3 Å². The van der Waals surface area contributed by atoms with Crippen LogP contribution in [0.4, 0.5) is 5.69 Å². The number of nitrogens with zero attached hydrogens (tertiary/aromatic N) is 1. The first-order valence-corrected chi connectivity index (χ1v) is 10.0. The molecule has 0 spiro atoms. The van der Waals surface area contributed by atoms with Crippen molar-refractivity contribution in [3.8, 4) is 17.6 Å². The summed E-state index contributed by atoms with van der Waals surface area (Å²) in [6.45, 7) is 10.4. The number of allylic oxidation sites excluding steroid dienone is 1. The molecule has 0 fully saturated rings. The third kappa shape index (κ3) is 5.88. The van der Waals surface area contributed by atoms with E-state index in [2.05, 4.69) is 11.9 Å². The number of aryl methyl sites for hydroxylation is 1. The lowest BCUT2D eigenvalue weighted by atomic mass is 10.0. The molecule has 0 atom stereocenters. The molecule has 0 bridgehead atoms. The minimum atomic E-state index is -0.514. The fraction of sp³-hybridized carbons (Fsp3) is 0.250. The van der Waals surface area contributed by atoms with E-state index in [-0.39, 0.29) is 5.57 Å². The maximum atomic E-state index is 12.7. The van der Waals surface area contributed by atoms with Crippen molar-refractivity contribution in [2.24, 2.45) is 0 Å². The number of benzene rings is 2. The van der Waals surface area contributed by atoms with E-state index in [1.807, 2.05) is 32.9 Å². The summed E-state index contributed by atoms with van der Waals surface area (Å²) in [7, 11) is 0. The van der Waals surface area contributed by atoms with Gasteiger partial charge in [0, 0.05) is 16.3 Å². The zero-order valence-electron chi connectivity index (χ0n) is 17.4. The molecule has 0 heterocycles. The van der Waals surface area contributed by atoms with Crippen molar-refractivity contribution in [1.29, 1.82) is 5.26 Å². The first-order chi connectivity index (χ1) is 14.4. The van der Waals surface area contributed by atoms with Crippen molar-refractivity contribution in [2.45, 2.75) is 27.2 Å². The molecule has 5 nitrogen and oxygen atoms in total. The molecular formula is C24H25ClN2O3. The third-order valence-corrected chi connectivity index (χ3v) is 4.47. The molecule has 156 valence electrons. The average molecular weight is 425 g/mol. The number of hydrogen-bond donors (Lipinski definition) is 1. The van der Waals surface area contributed by atoms with Crippen LogP contribution in [0.2, 0.25) is 5.02 Å². The number of amides is 1. The minimum absolute atomic E-state index is 0.0365. The van der Waals surface area contributed by atoms with Gasteiger partial charge < -0.3 is 14.8 Å². The van der Waals surface area contributed by atoms with Crippen molar-refractivity contribution in [1.82, 2.24) is 0 Å². The second kappa shape index (κ2) is 11.1. The topological polar surface area (TPSA) is 71.4 Å². The van der Waals surface area contributed by atoms with Crippen molar-refractivity contribution >= 4 is 29.3 Å². The van der Waals surface area contributed by atoms with Crippen LogP contribution in [0.25, 0.3) is 6.08 Å². The van der Waals surface area contributed by atoms with E-state index in [0.29, 0.717) is 47.4 Å². The van der Waals surface area contributed by atoms with Crippen molar-refractivity contribution in [3.05, 3.63) is 70.3 Å². The van der Waals surface area contributed by atoms with Crippen LogP contribution in [-0.2, 0) is 11.2 Å². The lowest BCUT2D eigenvalue weighted by Crippen LogP contribution is -2.14. The van der Waals surface area contributed by atoms with Gasteiger partial charge in [-0.2, -0.15) is 5.26 Å². The minimum Gasteiger partial charge on any atom is -0.490 e. The quantitative estimate of drug-likeness (QED) is 0.317. The van der Waals surface area contributed by atoms with Crippen LogP contribution in [-0.4, -0.2) is 19.1 Å². The van der Waals surface area contributed by atoms with Gasteiger partial charge in [0.15, 0.2) is 11.5 Å². The maximum absolute atomic E-state index is 12.7. The summed E-state index contributed by atoms with van der Waals surface area (Å²) in [5.41, 5.74) is 2.90. The standard InChI is InChI=1S/C24H25ClN2O3/c1-5-8-18-11-17(13-22(29-6-2)23(18)30-7-3)12-19(15-26)24(28)27-21-14-20(25)10-9-16(21)4/h5,9-14H,1,6-8H2,2-4H3,(H,27,28)/b19-12+. The Kier molecular flexibility index (Phi) is 8.52. The van der Waals surface area contributed by atoms with Gasteiger partial charge in [0.2, 0.25) is 0 Å². The summed E-state index contributed by atoms with van der Waals surface area (Å²) in [5.74, 6) is 0.697. The zero-order chi connectivity index (χ0) is 22.1. The SMILES string of the molecule is C=CCc1cc(/C=C(\C#N)C(=O)Nc2cc(Cl)ccc2C)cc(OCC)c1OCC. The highest BCUT2D eigenvalue weighted by molar-refractivity contribution is 6.31. The molecule has 0 aromatic heterocycles. The second-order valence-electron chi connectivity index (χ2n) is 6.45. The van der Waals surface area contributed by atoms with Crippen LogP contribution in [0.15, 0.2) is 48.6 Å².